The molecule has 0 aromatic rings. The molecule has 0 spiro atoms. The van der Waals surface area contributed by atoms with Gasteiger partial charge in [0.2, 0.25) is 10.0 Å². The van der Waals surface area contributed by atoms with E-state index in [1.165, 1.54) is 4.41 Å². The Morgan fingerprint density at radius 2 is 1.92 bits per heavy atom. The number of nitrogens with zero attached hydrogens (tertiary/aromatic N) is 1. The highest BCUT2D eigenvalue weighted by Gasteiger charge is 2.36. The number of hydrazine groups is 1. The molecule has 0 bridgehead atoms. The van der Waals surface area contributed by atoms with Gasteiger partial charge in [0, 0.05) is 13.1 Å². The van der Waals surface area contributed by atoms with Gasteiger partial charge in [-0.05, 0) is 27.2 Å². The van der Waals surface area contributed by atoms with E-state index in [4.69, 9.17) is 0 Å². The first-order chi connectivity index (χ1) is 5.36. The van der Waals surface area contributed by atoms with Crippen molar-refractivity contribution >= 4 is 10.0 Å². The zero-order valence-electron chi connectivity index (χ0n) is 7.79. The summed E-state index contributed by atoms with van der Waals surface area (Å²) in [7, 11) is -3.15. The third kappa shape index (κ3) is 1.62. The van der Waals surface area contributed by atoms with Gasteiger partial charge in [0.25, 0.3) is 0 Å². The van der Waals surface area contributed by atoms with E-state index in [0.717, 1.165) is 13.0 Å². The van der Waals surface area contributed by atoms with Crippen molar-refractivity contribution < 1.29 is 8.42 Å². The highest BCUT2D eigenvalue weighted by Crippen LogP contribution is 2.20. The van der Waals surface area contributed by atoms with Gasteiger partial charge in [0.1, 0.15) is 0 Å². The molecule has 0 aromatic heterocycles. The van der Waals surface area contributed by atoms with Crippen LogP contribution < -0.4 is 5.43 Å². The lowest BCUT2D eigenvalue weighted by molar-refractivity contribution is 0.382. The van der Waals surface area contributed by atoms with Crippen LogP contribution in [0.2, 0.25) is 0 Å². The van der Waals surface area contributed by atoms with Gasteiger partial charge < -0.3 is 0 Å². The molecule has 1 fully saturated rings. The summed E-state index contributed by atoms with van der Waals surface area (Å²) in [6.07, 6.45) is 0.898. The normalized spacial score (nSPS) is 21.6. The van der Waals surface area contributed by atoms with Gasteiger partial charge in [0.05, 0.1) is 4.75 Å². The van der Waals surface area contributed by atoms with E-state index >= 15 is 0 Å². The number of nitrogens with one attached hydrogen (secondary N) is 1. The highest BCUT2D eigenvalue weighted by atomic mass is 32.2. The van der Waals surface area contributed by atoms with Gasteiger partial charge >= 0.3 is 0 Å². The van der Waals surface area contributed by atoms with Crippen LogP contribution in [0.15, 0.2) is 0 Å². The maximum Gasteiger partial charge on any atom is 0.231 e. The molecule has 72 valence electrons. The summed E-state index contributed by atoms with van der Waals surface area (Å²) in [5.74, 6) is 0. The Kier molecular flexibility index (Phi) is 2.47. The van der Waals surface area contributed by atoms with Crippen LogP contribution in [0.3, 0.4) is 0 Å². The molecule has 4 nitrogen and oxygen atoms in total. The van der Waals surface area contributed by atoms with Crippen LogP contribution in [0.25, 0.3) is 0 Å². The number of hydrogen-bond donors (Lipinski definition) is 1. The summed E-state index contributed by atoms with van der Waals surface area (Å²) in [5, 5.41) is 0. The summed E-state index contributed by atoms with van der Waals surface area (Å²) in [6.45, 7) is 6.49. The smallest absolute Gasteiger partial charge is 0.231 e. The van der Waals surface area contributed by atoms with Gasteiger partial charge in [-0.25, -0.2) is 13.8 Å². The Balaban J connectivity index is 2.85. The Morgan fingerprint density at radius 3 is 2.25 bits per heavy atom. The van der Waals surface area contributed by atoms with E-state index in [9.17, 15) is 8.42 Å². The van der Waals surface area contributed by atoms with E-state index in [-0.39, 0.29) is 0 Å². The molecular formula is C7H16N2O2S. The van der Waals surface area contributed by atoms with E-state index in [1.54, 1.807) is 20.8 Å². The van der Waals surface area contributed by atoms with Crippen molar-refractivity contribution in [2.75, 3.05) is 13.1 Å². The summed E-state index contributed by atoms with van der Waals surface area (Å²) < 4.78 is 24.1. The zero-order chi connectivity index (χ0) is 9.41. The lowest BCUT2D eigenvalue weighted by Gasteiger charge is -2.25. The van der Waals surface area contributed by atoms with Gasteiger partial charge in [-0.2, -0.15) is 0 Å². The fourth-order valence-corrected chi connectivity index (χ4v) is 2.33. The van der Waals surface area contributed by atoms with Crippen LogP contribution >= 0.6 is 0 Å². The van der Waals surface area contributed by atoms with Crippen LogP contribution in [-0.4, -0.2) is 30.7 Å². The minimum absolute atomic E-state index is 0.597. The van der Waals surface area contributed by atoms with E-state index < -0.39 is 14.8 Å². The predicted octanol–water partition coefficient (Wildman–Crippen LogP) is 0.325. The van der Waals surface area contributed by atoms with Crippen molar-refractivity contribution in [3.63, 3.8) is 0 Å². The maximum atomic E-state index is 11.7. The largest absolute Gasteiger partial charge is 0.241 e. The number of rotatable bonds is 1. The van der Waals surface area contributed by atoms with Crippen molar-refractivity contribution in [1.29, 1.82) is 0 Å². The average molecular weight is 192 g/mol. The molecule has 0 aromatic carbocycles. The Morgan fingerprint density at radius 1 is 1.33 bits per heavy atom. The maximum absolute atomic E-state index is 11.7. The molecule has 0 saturated carbocycles. The Labute approximate surface area is 74.0 Å². The fraction of sp³-hybridized carbons (Fsp3) is 1.00. The Hall–Kier alpha value is -0.130. The summed E-state index contributed by atoms with van der Waals surface area (Å²) in [5.41, 5.74) is 2.85. The summed E-state index contributed by atoms with van der Waals surface area (Å²) in [6, 6.07) is 0. The minimum atomic E-state index is -3.15. The molecule has 5 heteroatoms. The van der Waals surface area contributed by atoms with Gasteiger partial charge in [-0.3, -0.25) is 0 Å². The highest BCUT2D eigenvalue weighted by molar-refractivity contribution is 7.90. The predicted molar refractivity (Wildman–Crippen MR) is 48.0 cm³/mol. The second kappa shape index (κ2) is 2.97. The molecule has 1 aliphatic heterocycles. The van der Waals surface area contributed by atoms with Crippen LogP contribution in [0, 0.1) is 0 Å². The number of hydrogen-bond acceptors (Lipinski definition) is 3. The first-order valence-corrected chi connectivity index (χ1v) is 5.55. The quantitative estimate of drug-likeness (QED) is 0.651. The van der Waals surface area contributed by atoms with Crippen molar-refractivity contribution in [2.24, 2.45) is 0 Å². The molecule has 1 saturated heterocycles. The van der Waals surface area contributed by atoms with Crippen molar-refractivity contribution in [1.82, 2.24) is 9.84 Å². The topological polar surface area (TPSA) is 49.4 Å². The molecule has 1 N–H and O–H groups in total. The van der Waals surface area contributed by atoms with Gasteiger partial charge in [0.15, 0.2) is 0 Å². The van der Waals surface area contributed by atoms with Crippen LogP contribution in [0.1, 0.15) is 27.2 Å². The standard InChI is InChI=1S/C7H16N2O2S/c1-7(2,3)12(10,11)9-6-4-5-8-9/h8H,4-6H2,1-3H3. The van der Waals surface area contributed by atoms with E-state index in [2.05, 4.69) is 5.43 Å². The molecule has 0 unspecified atom stereocenters. The molecule has 0 atom stereocenters. The lowest BCUT2D eigenvalue weighted by atomic mass is 10.3. The van der Waals surface area contributed by atoms with Crippen molar-refractivity contribution in [3.05, 3.63) is 0 Å². The second-order valence-electron chi connectivity index (χ2n) is 3.95. The molecule has 1 aliphatic rings. The van der Waals surface area contributed by atoms with Gasteiger partial charge in [-0.1, -0.05) is 0 Å². The third-order valence-electron chi connectivity index (χ3n) is 1.89. The van der Waals surface area contributed by atoms with Crippen LogP contribution in [0.5, 0.6) is 0 Å². The molecular weight excluding hydrogens is 176 g/mol. The zero-order valence-corrected chi connectivity index (χ0v) is 8.61. The first kappa shape index (κ1) is 9.95. The lowest BCUT2D eigenvalue weighted by Crippen LogP contribution is -2.46. The van der Waals surface area contributed by atoms with Crippen LogP contribution in [0.4, 0.5) is 0 Å². The van der Waals surface area contributed by atoms with E-state index in [1.807, 2.05) is 0 Å². The molecule has 0 aliphatic carbocycles. The number of sulfonamides is 1. The monoisotopic (exact) mass is 192 g/mol. The minimum Gasteiger partial charge on any atom is -0.241 e. The molecule has 0 amide bonds. The van der Waals surface area contributed by atoms with Crippen LogP contribution in [-0.2, 0) is 10.0 Å². The second-order valence-corrected chi connectivity index (χ2v) is 6.57. The molecule has 1 rings (SSSR count). The van der Waals surface area contributed by atoms with Crippen molar-refractivity contribution in [3.8, 4) is 0 Å². The third-order valence-corrected chi connectivity index (χ3v) is 4.33. The molecule has 0 radical (unpaired) electrons. The van der Waals surface area contributed by atoms with Crippen molar-refractivity contribution in [2.45, 2.75) is 31.9 Å². The summed E-state index contributed by atoms with van der Waals surface area (Å²) >= 11 is 0. The fourth-order valence-electron chi connectivity index (χ4n) is 1.04. The summed E-state index contributed by atoms with van der Waals surface area (Å²) in [4.78, 5) is 0. The average Bonchev–Trinajstić information content (AvgIpc) is 2.34. The molecule has 12 heavy (non-hydrogen) atoms. The van der Waals surface area contributed by atoms with Gasteiger partial charge in [-0.15, -0.1) is 4.41 Å². The van der Waals surface area contributed by atoms with E-state index in [0.29, 0.717) is 6.54 Å². The first-order valence-electron chi connectivity index (χ1n) is 4.11. The SMILES string of the molecule is CC(C)(C)S(=O)(=O)N1CCCN1. The molecule has 1 heterocycles. The Bertz CT molecular complexity index is 247.